The monoisotopic (exact) mass is 268 g/mol. The number of benzene rings is 1. The quantitative estimate of drug-likeness (QED) is 0.852. The van der Waals surface area contributed by atoms with E-state index in [-0.39, 0.29) is 0 Å². The van der Waals surface area contributed by atoms with Gasteiger partial charge in [-0.1, -0.05) is 17.7 Å². The van der Waals surface area contributed by atoms with Crippen LogP contribution in [-0.4, -0.2) is 25.6 Å². The molecule has 1 atom stereocenters. The van der Waals surface area contributed by atoms with Crippen LogP contribution in [0, 0.1) is 5.92 Å². The summed E-state index contributed by atoms with van der Waals surface area (Å²) in [4.78, 5) is 11.0. The van der Waals surface area contributed by atoms with E-state index in [9.17, 15) is 4.79 Å². The third-order valence-corrected chi connectivity index (χ3v) is 3.46. The summed E-state index contributed by atoms with van der Waals surface area (Å²) < 4.78 is 5.64. The van der Waals surface area contributed by atoms with Crippen LogP contribution in [0.4, 0.5) is 0 Å². The largest absolute Gasteiger partial charge is 0.376 e. The van der Waals surface area contributed by atoms with Gasteiger partial charge in [0.05, 0.1) is 13.2 Å². The number of hydrogen-bond donors (Lipinski definition) is 2. The molecule has 3 N–H and O–H groups in total. The lowest BCUT2D eigenvalue weighted by Crippen LogP contribution is -2.14. The molecule has 0 spiro atoms. The van der Waals surface area contributed by atoms with Crippen molar-refractivity contribution in [3.05, 3.63) is 34.3 Å². The Morgan fingerprint density at radius 3 is 3.00 bits per heavy atom. The van der Waals surface area contributed by atoms with Crippen LogP contribution in [0.2, 0.25) is 5.02 Å². The van der Waals surface area contributed by atoms with Crippen LogP contribution in [0.5, 0.6) is 0 Å². The van der Waals surface area contributed by atoms with Crippen LogP contribution >= 0.6 is 11.6 Å². The molecule has 98 valence electrons. The molecule has 0 saturated carbocycles. The summed E-state index contributed by atoms with van der Waals surface area (Å²) in [6, 6.07) is 5.04. The van der Waals surface area contributed by atoms with Gasteiger partial charge in [0.25, 0.3) is 0 Å². The number of amides is 1. The first-order valence-electron chi connectivity index (χ1n) is 6.03. The smallest absolute Gasteiger partial charge is 0.248 e. The molecule has 4 nitrogen and oxygen atoms in total. The van der Waals surface area contributed by atoms with Crippen molar-refractivity contribution in [2.75, 3.05) is 19.7 Å². The van der Waals surface area contributed by atoms with Gasteiger partial charge in [0.2, 0.25) is 5.91 Å². The summed E-state index contributed by atoms with van der Waals surface area (Å²) in [6.07, 6.45) is 1.16. The number of ether oxygens (including phenoxy) is 1. The van der Waals surface area contributed by atoms with E-state index in [2.05, 4.69) is 5.32 Å². The minimum atomic E-state index is -0.471. The lowest BCUT2D eigenvalue weighted by atomic mass is 10.1. The summed E-state index contributed by atoms with van der Waals surface area (Å²) in [6.45, 7) is 3.30. The van der Waals surface area contributed by atoms with E-state index >= 15 is 0 Å². The Hall–Kier alpha value is -1.10. The molecule has 1 heterocycles. The molecule has 1 unspecified atom stereocenters. The van der Waals surface area contributed by atoms with Crippen molar-refractivity contribution in [1.82, 2.24) is 5.32 Å². The van der Waals surface area contributed by atoms with Crippen LogP contribution in [-0.2, 0) is 11.3 Å². The van der Waals surface area contributed by atoms with Crippen molar-refractivity contribution in [2.45, 2.75) is 13.0 Å². The molecule has 0 aromatic heterocycles. The molecule has 1 aromatic carbocycles. The van der Waals surface area contributed by atoms with E-state index in [0.717, 1.165) is 31.7 Å². The fourth-order valence-corrected chi connectivity index (χ4v) is 2.24. The summed E-state index contributed by atoms with van der Waals surface area (Å²) in [5, 5.41) is 3.82. The number of carbonyl (C=O) groups excluding carboxylic acids is 1. The topological polar surface area (TPSA) is 64.4 Å². The molecule has 1 amide bonds. The lowest BCUT2D eigenvalue weighted by molar-refractivity contribution is 0.0924. The Bertz CT molecular complexity index is 431. The maximum absolute atomic E-state index is 11.0. The van der Waals surface area contributed by atoms with Gasteiger partial charge < -0.3 is 15.8 Å². The fourth-order valence-electron chi connectivity index (χ4n) is 2.01. The summed E-state index contributed by atoms with van der Waals surface area (Å²) >= 11 is 6.07. The van der Waals surface area contributed by atoms with Gasteiger partial charge in [-0.05, 0) is 36.6 Å². The van der Waals surface area contributed by atoms with E-state index in [1.807, 2.05) is 0 Å². The molecule has 1 aliphatic heterocycles. The summed E-state index contributed by atoms with van der Waals surface area (Å²) in [5.74, 6) is 0.120. The van der Waals surface area contributed by atoms with Crippen LogP contribution in [0.15, 0.2) is 18.2 Å². The zero-order valence-electron chi connectivity index (χ0n) is 10.1. The van der Waals surface area contributed by atoms with E-state index in [4.69, 9.17) is 22.1 Å². The Morgan fingerprint density at radius 1 is 1.56 bits per heavy atom. The van der Waals surface area contributed by atoms with E-state index in [0.29, 0.717) is 23.1 Å². The fraction of sp³-hybridized carbons (Fsp3) is 0.462. The van der Waals surface area contributed by atoms with Crippen molar-refractivity contribution >= 4 is 17.5 Å². The molecular formula is C13H17ClN2O2. The number of hydrogen-bond acceptors (Lipinski definition) is 3. The second-order valence-electron chi connectivity index (χ2n) is 4.54. The number of halogens is 1. The van der Waals surface area contributed by atoms with Crippen molar-refractivity contribution in [3.8, 4) is 0 Å². The zero-order chi connectivity index (χ0) is 13.0. The minimum Gasteiger partial charge on any atom is -0.376 e. The van der Waals surface area contributed by atoms with Crippen LogP contribution in [0.3, 0.4) is 0 Å². The van der Waals surface area contributed by atoms with Crippen molar-refractivity contribution in [2.24, 2.45) is 11.7 Å². The van der Waals surface area contributed by atoms with Gasteiger partial charge in [-0.15, -0.1) is 0 Å². The second kappa shape index (κ2) is 6.18. The SMILES string of the molecule is NC(=O)c1ccc(COCC2CCNC2)c(Cl)c1. The van der Waals surface area contributed by atoms with Crippen molar-refractivity contribution in [1.29, 1.82) is 0 Å². The van der Waals surface area contributed by atoms with E-state index < -0.39 is 5.91 Å². The highest BCUT2D eigenvalue weighted by Crippen LogP contribution is 2.19. The molecule has 0 radical (unpaired) electrons. The molecule has 0 aliphatic carbocycles. The Balaban J connectivity index is 1.87. The molecule has 1 saturated heterocycles. The number of nitrogens with one attached hydrogen (secondary N) is 1. The van der Waals surface area contributed by atoms with Gasteiger partial charge in [0.15, 0.2) is 0 Å². The molecule has 2 rings (SSSR count). The maximum atomic E-state index is 11.0. The Labute approximate surface area is 111 Å². The van der Waals surface area contributed by atoms with Crippen molar-refractivity contribution < 1.29 is 9.53 Å². The summed E-state index contributed by atoms with van der Waals surface area (Å²) in [5.41, 5.74) is 6.48. The predicted molar refractivity (Wildman–Crippen MR) is 70.6 cm³/mol. The van der Waals surface area contributed by atoms with Gasteiger partial charge in [-0.2, -0.15) is 0 Å². The molecule has 1 fully saturated rings. The number of nitrogens with two attached hydrogens (primary N) is 1. The average molecular weight is 269 g/mol. The second-order valence-corrected chi connectivity index (χ2v) is 4.95. The normalized spacial score (nSPS) is 19.1. The molecule has 0 bridgehead atoms. The number of rotatable bonds is 5. The molecule has 18 heavy (non-hydrogen) atoms. The molecule has 1 aliphatic rings. The number of primary amides is 1. The molecule has 5 heteroatoms. The lowest BCUT2D eigenvalue weighted by Gasteiger charge is -2.10. The highest BCUT2D eigenvalue weighted by atomic mass is 35.5. The standard InChI is InChI=1S/C13H17ClN2O2/c14-12-5-10(13(15)17)1-2-11(12)8-18-7-9-3-4-16-6-9/h1-2,5,9,16H,3-4,6-8H2,(H2,15,17). The van der Waals surface area contributed by atoms with Gasteiger partial charge in [0.1, 0.15) is 0 Å². The van der Waals surface area contributed by atoms with E-state index in [1.54, 1.807) is 18.2 Å². The Morgan fingerprint density at radius 2 is 2.39 bits per heavy atom. The van der Waals surface area contributed by atoms with Gasteiger partial charge in [-0.25, -0.2) is 0 Å². The highest BCUT2D eigenvalue weighted by molar-refractivity contribution is 6.31. The van der Waals surface area contributed by atoms with Gasteiger partial charge in [0, 0.05) is 17.1 Å². The Kier molecular flexibility index (Phi) is 4.58. The first kappa shape index (κ1) is 13.3. The third-order valence-electron chi connectivity index (χ3n) is 3.11. The predicted octanol–water partition coefficient (Wildman–Crippen LogP) is 1.57. The van der Waals surface area contributed by atoms with Crippen LogP contribution in [0.1, 0.15) is 22.3 Å². The minimum absolute atomic E-state index is 0.420. The third kappa shape index (κ3) is 3.45. The van der Waals surface area contributed by atoms with Gasteiger partial charge in [-0.3, -0.25) is 4.79 Å². The average Bonchev–Trinajstić information content (AvgIpc) is 2.84. The van der Waals surface area contributed by atoms with E-state index in [1.165, 1.54) is 0 Å². The summed E-state index contributed by atoms with van der Waals surface area (Å²) in [7, 11) is 0. The maximum Gasteiger partial charge on any atom is 0.248 e. The first-order valence-corrected chi connectivity index (χ1v) is 6.41. The van der Waals surface area contributed by atoms with Gasteiger partial charge >= 0.3 is 0 Å². The highest BCUT2D eigenvalue weighted by Gasteiger charge is 2.14. The molecule has 1 aromatic rings. The first-order chi connectivity index (χ1) is 8.66. The van der Waals surface area contributed by atoms with Crippen molar-refractivity contribution in [3.63, 3.8) is 0 Å². The number of carbonyl (C=O) groups is 1. The van der Waals surface area contributed by atoms with Crippen LogP contribution < -0.4 is 11.1 Å². The van der Waals surface area contributed by atoms with Crippen LogP contribution in [0.25, 0.3) is 0 Å². The zero-order valence-corrected chi connectivity index (χ0v) is 10.9. The molecular weight excluding hydrogens is 252 g/mol.